The maximum atomic E-state index is 4.22. The smallest absolute Gasteiger partial charge is 0.105 e. The maximum absolute atomic E-state index is 4.22. The first-order valence-electron chi connectivity index (χ1n) is 5.61. The van der Waals surface area contributed by atoms with Gasteiger partial charge in [-0.25, -0.2) is 4.98 Å². The van der Waals surface area contributed by atoms with Gasteiger partial charge in [0.1, 0.15) is 5.82 Å². The van der Waals surface area contributed by atoms with Crippen molar-refractivity contribution in [1.29, 1.82) is 0 Å². The molecule has 0 aliphatic heterocycles. The topological polar surface area (TPSA) is 29.9 Å². The monoisotopic (exact) mass is 209 g/mol. The molecule has 0 aromatic carbocycles. The molecular formula is C12H23N3. The van der Waals surface area contributed by atoms with E-state index in [1.165, 1.54) is 0 Å². The van der Waals surface area contributed by atoms with Crippen LogP contribution in [0, 0.1) is 12.8 Å². The van der Waals surface area contributed by atoms with Crippen LogP contribution in [0.4, 0.5) is 0 Å². The van der Waals surface area contributed by atoms with Gasteiger partial charge in [-0.1, -0.05) is 6.92 Å². The van der Waals surface area contributed by atoms with Crippen LogP contribution in [0.1, 0.15) is 33.5 Å². The molecule has 0 amide bonds. The highest BCUT2D eigenvalue weighted by Crippen LogP contribution is 2.05. The van der Waals surface area contributed by atoms with E-state index in [-0.39, 0.29) is 5.54 Å². The summed E-state index contributed by atoms with van der Waals surface area (Å²) in [5.41, 5.74) is 0.207. The number of aryl methyl sites for hydroxylation is 1. The van der Waals surface area contributed by atoms with Gasteiger partial charge in [0.15, 0.2) is 0 Å². The van der Waals surface area contributed by atoms with E-state index in [1.54, 1.807) is 0 Å². The maximum Gasteiger partial charge on any atom is 0.105 e. The van der Waals surface area contributed by atoms with E-state index in [9.17, 15) is 0 Å². The number of aromatic nitrogens is 2. The summed E-state index contributed by atoms with van der Waals surface area (Å²) in [6.45, 7) is 13.0. The Hall–Kier alpha value is -0.830. The fourth-order valence-electron chi connectivity index (χ4n) is 1.48. The van der Waals surface area contributed by atoms with Crippen molar-refractivity contribution >= 4 is 0 Å². The van der Waals surface area contributed by atoms with E-state index in [0.717, 1.165) is 18.9 Å². The summed E-state index contributed by atoms with van der Waals surface area (Å²) < 4.78 is 2.20. The normalized spacial score (nSPS) is 14.2. The summed E-state index contributed by atoms with van der Waals surface area (Å²) in [7, 11) is 0. The Labute approximate surface area is 92.9 Å². The van der Waals surface area contributed by atoms with Crippen molar-refractivity contribution in [2.24, 2.45) is 5.92 Å². The molecule has 3 heteroatoms. The zero-order valence-corrected chi connectivity index (χ0v) is 10.5. The molecule has 1 atom stereocenters. The van der Waals surface area contributed by atoms with E-state index in [1.807, 2.05) is 19.3 Å². The molecule has 1 N–H and O–H groups in total. The zero-order chi connectivity index (χ0) is 11.5. The third kappa shape index (κ3) is 4.47. The zero-order valence-electron chi connectivity index (χ0n) is 10.5. The highest BCUT2D eigenvalue weighted by Gasteiger charge is 2.11. The third-order valence-electron chi connectivity index (χ3n) is 2.41. The second kappa shape index (κ2) is 4.79. The van der Waals surface area contributed by atoms with E-state index in [0.29, 0.717) is 5.92 Å². The van der Waals surface area contributed by atoms with Crippen LogP contribution in [0.2, 0.25) is 0 Å². The van der Waals surface area contributed by atoms with Crippen molar-refractivity contribution in [3.63, 3.8) is 0 Å². The van der Waals surface area contributed by atoms with Gasteiger partial charge in [-0.2, -0.15) is 0 Å². The minimum Gasteiger partial charge on any atom is -0.335 e. The molecule has 1 aromatic rings. The van der Waals surface area contributed by atoms with Crippen molar-refractivity contribution in [3.8, 4) is 0 Å². The summed E-state index contributed by atoms with van der Waals surface area (Å²) in [6, 6.07) is 0. The summed E-state index contributed by atoms with van der Waals surface area (Å²) in [6.07, 6.45) is 3.90. The van der Waals surface area contributed by atoms with Gasteiger partial charge in [-0.15, -0.1) is 0 Å². The fraction of sp³-hybridized carbons (Fsp3) is 0.750. The van der Waals surface area contributed by atoms with Gasteiger partial charge < -0.3 is 9.88 Å². The van der Waals surface area contributed by atoms with Crippen LogP contribution in [0.5, 0.6) is 0 Å². The minimum absolute atomic E-state index is 0.207. The molecule has 0 spiro atoms. The van der Waals surface area contributed by atoms with Crippen LogP contribution in [-0.2, 0) is 6.54 Å². The Balaban J connectivity index is 2.37. The van der Waals surface area contributed by atoms with Crippen molar-refractivity contribution in [1.82, 2.24) is 14.9 Å². The van der Waals surface area contributed by atoms with Gasteiger partial charge >= 0.3 is 0 Å². The van der Waals surface area contributed by atoms with Gasteiger partial charge in [0.2, 0.25) is 0 Å². The number of hydrogen-bond acceptors (Lipinski definition) is 2. The molecule has 0 fully saturated rings. The number of imidazole rings is 1. The minimum atomic E-state index is 0.207. The summed E-state index contributed by atoms with van der Waals surface area (Å²) in [5.74, 6) is 1.72. The summed E-state index contributed by atoms with van der Waals surface area (Å²) in [4.78, 5) is 4.22. The standard InChI is InChI=1S/C12H23N3/c1-10(8-14-12(3,4)5)9-15-7-6-13-11(15)2/h6-7,10,14H,8-9H2,1-5H3. The van der Waals surface area contributed by atoms with Crippen LogP contribution in [0.25, 0.3) is 0 Å². The van der Waals surface area contributed by atoms with Crippen LogP contribution in [0.15, 0.2) is 12.4 Å². The van der Waals surface area contributed by atoms with E-state index >= 15 is 0 Å². The van der Waals surface area contributed by atoms with Crippen LogP contribution in [0.3, 0.4) is 0 Å². The fourth-order valence-corrected chi connectivity index (χ4v) is 1.48. The molecule has 1 aromatic heterocycles. The van der Waals surface area contributed by atoms with Gasteiger partial charge in [0.25, 0.3) is 0 Å². The quantitative estimate of drug-likeness (QED) is 0.824. The number of nitrogens with one attached hydrogen (secondary N) is 1. The Morgan fingerprint density at radius 2 is 2.13 bits per heavy atom. The summed E-state index contributed by atoms with van der Waals surface area (Å²) >= 11 is 0. The lowest BCUT2D eigenvalue weighted by Gasteiger charge is -2.23. The SMILES string of the molecule is Cc1nccn1CC(C)CNC(C)(C)C. The molecule has 0 aliphatic rings. The highest BCUT2D eigenvalue weighted by atomic mass is 15.1. The molecule has 0 saturated carbocycles. The molecule has 0 saturated heterocycles. The lowest BCUT2D eigenvalue weighted by atomic mass is 10.1. The molecule has 0 radical (unpaired) electrons. The molecule has 1 heterocycles. The molecule has 86 valence electrons. The molecule has 15 heavy (non-hydrogen) atoms. The number of hydrogen-bond donors (Lipinski definition) is 1. The number of rotatable bonds is 4. The molecule has 1 unspecified atom stereocenters. The Morgan fingerprint density at radius 3 is 2.60 bits per heavy atom. The van der Waals surface area contributed by atoms with E-state index in [4.69, 9.17) is 0 Å². The number of nitrogens with zero attached hydrogens (tertiary/aromatic N) is 2. The largest absolute Gasteiger partial charge is 0.335 e. The van der Waals surface area contributed by atoms with Gasteiger partial charge in [0, 0.05) is 24.5 Å². The first kappa shape index (κ1) is 12.2. The predicted octanol–water partition coefficient (Wildman–Crippen LogP) is 2.22. The molecule has 0 bridgehead atoms. The van der Waals surface area contributed by atoms with Crippen LogP contribution < -0.4 is 5.32 Å². The van der Waals surface area contributed by atoms with Crippen molar-refractivity contribution in [2.45, 2.75) is 46.7 Å². The Morgan fingerprint density at radius 1 is 1.47 bits per heavy atom. The lowest BCUT2D eigenvalue weighted by molar-refractivity contribution is 0.359. The molecule has 3 nitrogen and oxygen atoms in total. The average molecular weight is 209 g/mol. The predicted molar refractivity (Wildman–Crippen MR) is 63.9 cm³/mol. The molecule has 0 aliphatic carbocycles. The van der Waals surface area contributed by atoms with Crippen molar-refractivity contribution < 1.29 is 0 Å². The highest BCUT2D eigenvalue weighted by molar-refractivity contribution is 4.89. The Bertz CT molecular complexity index is 296. The second-order valence-electron chi connectivity index (χ2n) is 5.36. The van der Waals surface area contributed by atoms with Gasteiger partial charge in [0.05, 0.1) is 0 Å². The van der Waals surface area contributed by atoms with Crippen molar-refractivity contribution in [2.75, 3.05) is 6.54 Å². The first-order valence-corrected chi connectivity index (χ1v) is 5.61. The van der Waals surface area contributed by atoms with Crippen molar-refractivity contribution in [3.05, 3.63) is 18.2 Å². The lowest BCUT2D eigenvalue weighted by Crippen LogP contribution is -2.39. The van der Waals surface area contributed by atoms with E-state index in [2.05, 4.69) is 42.6 Å². The first-order chi connectivity index (χ1) is 6.88. The summed E-state index contributed by atoms with van der Waals surface area (Å²) in [5, 5.41) is 3.52. The molecule has 1 rings (SSSR count). The van der Waals surface area contributed by atoms with Crippen LogP contribution >= 0.6 is 0 Å². The van der Waals surface area contributed by atoms with Gasteiger partial charge in [-0.05, 0) is 40.2 Å². The Kier molecular flexibility index (Phi) is 3.91. The third-order valence-corrected chi connectivity index (χ3v) is 2.41. The second-order valence-corrected chi connectivity index (χ2v) is 5.36. The van der Waals surface area contributed by atoms with Crippen LogP contribution in [-0.4, -0.2) is 21.6 Å². The molecular weight excluding hydrogens is 186 g/mol. The van der Waals surface area contributed by atoms with E-state index < -0.39 is 0 Å². The van der Waals surface area contributed by atoms with Gasteiger partial charge in [-0.3, -0.25) is 0 Å². The average Bonchev–Trinajstić information content (AvgIpc) is 2.47.